The van der Waals surface area contributed by atoms with E-state index in [0.717, 1.165) is 16.8 Å². The lowest BCUT2D eigenvalue weighted by molar-refractivity contribution is -0.152. The van der Waals surface area contributed by atoms with Gasteiger partial charge in [-0.1, -0.05) is 101 Å². The van der Waals surface area contributed by atoms with E-state index in [9.17, 15) is 9.59 Å². The van der Waals surface area contributed by atoms with Gasteiger partial charge >= 0.3 is 12.1 Å². The van der Waals surface area contributed by atoms with Crippen molar-refractivity contribution < 1.29 is 23.5 Å². The lowest BCUT2D eigenvalue weighted by Crippen LogP contribution is -2.69. The Hall–Kier alpha value is -2.90. The van der Waals surface area contributed by atoms with Crippen LogP contribution in [0.3, 0.4) is 0 Å². The van der Waals surface area contributed by atoms with Gasteiger partial charge in [0.2, 0.25) is 0 Å². The number of hydrogen-bond donors (Lipinski definition) is 0. The second-order valence-corrected chi connectivity index (χ2v) is 15.0. The zero-order valence-corrected chi connectivity index (χ0v) is 24.0. The predicted molar refractivity (Wildman–Crippen MR) is 149 cm³/mol. The lowest BCUT2D eigenvalue weighted by Gasteiger charge is -2.49. The minimum Gasteiger partial charge on any atom is -0.467 e. The van der Waals surface area contributed by atoms with E-state index in [-0.39, 0.29) is 29.5 Å². The third-order valence-corrected chi connectivity index (χ3v) is 12.7. The van der Waals surface area contributed by atoms with Crippen molar-refractivity contribution in [3.05, 3.63) is 73.3 Å². The van der Waals surface area contributed by atoms with Crippen molar-refractivity contribution in [2.24, 2.45) is 11.8 Å². The molecule has 7 heteroatoms. The zero-order valence-electron chi connectivity index (χ0n) is 23.0. The maximum atomic E-state index is 13.2. The van der Waals surface area contributed by atoms with E-state index in [1.165, 1.54) is 14.2 Å². The Bertz CT molecular complexity index is 1010. The van der Waals surface area contributed by atoms with Crippen LogP contribution in [0.4, 0.5) is 4.79 Å². The van der Waals surface area contributed by atoms with Crippen molar-refractivity contribution in [1.82, 2.24) is 4.90 Å². The van der Waals surface area contributed by atoms with E-state index < -0.39 is 26.4 Å². The average Bonchev–Trinajstić information content (AvgIpc) is 2.92. The van der Waals surface area contributed by atoms with Gasteiger partial charge in [-0.25, -0.2) is 9.59 Å². The molecule has 1 heterocycles. The van der Waals surface area contributed by atoms with E-state index in [0.29, 0.717) is 6.42 Å². The summed E-state index contributed by atoms with van der Waals surface area (Å²) in [5, 5.41) is 2.11. The molecule has 1 aliphatic heterocycles. The summed E-state index contributed by atoms with van der Waals surface area (Å²) in [4.78, 5) is 27.7. The van der Waals surface area contributed by atoms with Crippen LogP contribution < -0.4 is 10.4 Å². The Balaban J connectivity index is 2.14. The molecule has 4 atom stereocenters. The van der Waals surface area contributed by atoms with Crippen LogP contribution in [0, 0.1) is 11.8 Å². The summed E-state index contributed by atoms with van der Waals surface area (Å²) in [5.74, 6) is -0.609. The summed E-state index contributed by atoms with van der Waals surface area (Å²) in [6.07, 6.45) is 2.72. The van der Waals surface area contributed by atoms with Gasteiger partial charge in [-0.2, -0.15) is 0 Å². The molecular weight excluding hydrogens is 482 g/mol. The lowest BCUT2D eigenvalue weighted by atomic mass is 9.77. The number of nitrogens with zero attached hydrogens (tertiary/aromatic N) is 1. The van der Waals surface area contributed by atoms with Gasteiger partial charge in [-0.05, 0) is 27.8 Å². The highest BCUT2D eigenvalue weighted by Crippen LogP contribution is 2.40. The molecule has 200 valence electrons. The number of piperidine rings is 1. The number of esters is 1. The van der Waals surface area contributed by atoms with Gasteiger partial charge in [0.05, 0.1) is 26.9 Å². The first-order chi connectivity index (χ1) is 17.7. The van der Waals surface area contributed by atoms with Crippen LogP contribution in [0.15, 0.2) is 73.3 Å². The second-order valence-electron chi connectivity index (χ2n) is 10.7. The van der Waals surface area contributed by atoms with Gasteiger partial charge in [0.25, 0.3) is 8.32 Å². The Morgan fingerprint density at radius 1 is 1.00 bits per heavy atom. The number of likely N-dealkylation sites (tertiary alicyclic amines) is 1. The van der Waals surface area contributed by atoms with Crippen molar-refractivity contribution in [3.63, 3.8) is 0 Å². The van der Waals surface area contributed by atoms with Crippen LogP contribution in [0.1, 0.15) is 40.5 Å². The molecule has 0 saturated carbocycles. The van der Waals surface area contributed by atoms with Gasteiger partial charge in [-0.15, -0.1) is 6.58 Å². The first-order valence-electron chi connectivity index (χ1n) is 13.0. The number of carbonyl (C=O) groups excluding carboxylic acids is 2. The second kappa shape index (κ2) is 12.1. The Kier molecular flexibility index (Phi) is 9.37. The third kappa shape index (κ3) is 5.53. The molecule has 0 radical (unpaired) electrons. The monoisotopic (exact) mass is 523 g/mol. The van der Waals surface area contributed by atoms with E-state index in [1.807, 2.05) is 36.4 Å². The van der Waals surface area contributed by atoms with E-state index in [1.54, 1.807) is 11.0 Å². The number of benzene rings is 2. The molecule has 6 nitrogen and oxygen atoms in total. The largest absolute Gasteiger partial charge is 0.467 e. The Morgan fingerprint density at radius 2 is 1.54 bits per heavy atom. The van der Waals surface area contributed by atoms with Crippen LogP contribution in [-0.2, 0) is 18.7 Å². The molecule has 1 amide bonds. The minimum atomic E-state index is -2.85. The first kappa shape index (κ1) is 28.7. The quantitative estimate of drug-likeness (QED) is 0.283. The van der Waals surface area contributed by atoms with E-state index in [4.69, 9.17) is 13.9 Å². The molecule has 0 spiro atoms. The molecule has 2 aromatic carbocycles. The number of carbonyl (C=O) groups is 2. The summed E-state index contributed by atoms with van der Waals surface area (Å²) in [6.45, 7) is 13.0. The van der Waals surface area contributed by atoms with Crippen LogP contribution in [0.5, 0.6) is 0 Å². The van der Waals surface area contributed by atoms with Crippen molar-refractivity contribution in [2.45, 2.75) is 57.7 Å². The van der Waals surface area contributed by atoms with Crippen LogP contribution in [-0.4, -0.2) is 58.2 Å². The van der Waals surface area contributed by atoms with Crippen LogP contribution in [0.2, 0.25) is 5.04 Å². The van der Waals surface area contributed by atoms with Crippen LogP contribution >= 0.6 is 0 Å². The summed E-state index contributed by atoms with van der Waals surface area (Å²) in [6, 6.07) is 19.6. The van der Waals surface area contributed by atoms with Gasteiger partial charge in [0.15, 0.2) is 0 Å². The zero-order chi connectivity index (χ0) is 27.2. The number of ether oxygens (including phenoxy) is 2. The molecule has 0 bridgehead atoms. The van der Waals surface area contributed by atoms with Gasteiger partial charge in [-0.3, -0.25) is 4.90 Å². The fourth-order valence-electron chi connectivity index (χ4n) is 5.89. The molecule has 37 heavy (non-hydrogen) atoms. The molecule has 3 rings (SSSR count). The Morgan fingerprint density at radius 3 is 1.95 bits per heavy atom. The normalized spacial score (nSPS) is 22.3. The number of hydrogen-bond acceptors (Lipinski definition) is 5. The molecule has 0 unspecified atom stereocenters. The highest BCUT2D eigenvalue weighted by atomic mass is 28.4. The standard InChI is InChI=1S/C30H41NO5Si/c1-8-22-20-23(9-2)27(28(32)34-6)31(29(33)35-7)26(22)21-36-37(30(3,4)5,24-16-12-10-13-17-24)25-18-14-11-15-19-25/h9-19,22-23,26-27H,2,8,20-21H2,1,3-7H3/t22-,23-,26-,27-/m1/s1. The van der Waals surface area contributed by atoms with Gasteiger partial charge < -0.3 is 13.9 Å². The van der Waals surface area contributed by atoms with Crippen molar-refractivity contribution >= 4 is 30.8 Å². The third-order valence-electron chi connectivity index (χ3n) is 7.72. The number of methoxy groups -OCH3 is 2. The maximum absolute atomic E-state index is 13.2. The smallest absolute Gasteiger partial charge is 0.410 e. The van der Waals surface area contributed by atoms with E-state index in [2.05, 4.69) is 58.5 Å². The fraction of sp³-hybridized carbons (Fsp3) is 0.467. The average molecular weight is 524 g/mol. The molecule has 1 aliphatic rings. The van der Waals surface area contributed by atoms with Crippen molar-refractivity contribution in [1.29, 1.82) is 0 Å². The Labute approximate surface area is 222 Å². The molecule has 1 fully saturated rings. The molecule has 1 saturated heterocycles. The molecule has 0 aromatic heterocycles. The maximum Gasteiger partial charge on any atom is 0.410 e. The predicted octanol–water partition coefficient (Wildman–Crippen LogP) is 4.77. The number of amides is 1. The van der Waals surface area contributed by atoms with Crippen molar-refractivity contribution in [3.8, 4) is 0 Å². The molecular formula is C30H41NO5Si. The summed E-state index contributed by atoms with van der Waals surface area (Å²) in [7, 11) is -0.161. The van der Waals surface area contributed by atoms with Gasteiger partial charge in [0, 0.05) is 5.92 Å². The summed E-state index contributed by atoms with van der Waals surface area (Å²) >= 11 is 0. The highest BCUT2D eigenvalue weighted by Gasteiger charge is 2.53. The topological polar surface area (TPSA) is 65.1 Å². The van der Waals surface area contributed by atoms with Crippen molar-refractivity contribution in [2.75, 3.05) is 20.8 Å². The SMILES string of the molecule is C=C[C@@H]1C[C@@H](CC)[C@@H](CO[Si](c2ccccc2)(c2ccccc2)C(C)(C)C)N(C(=O)OC)[C@H]1C(=O)OC. The molecule has 2 aromatic rings. The molecule has 0 aliphatic carbocycles. The summed E-state index contributed by atoms with van der Waals surface area (Å²) < 4.78 is 17.5. The highest BCUT2D eigenvalue weighted by molar-refractivity contribution is 6.99. The first-order valence-corrected chi connectivity index (χ1v) is 14.9. The van der Waals surface area contributed by atoms with Gasteiger partial charge in [0.1, 0.15) is 6.04 Å². The van der Waals surface area contributed by atoms with E-state index >= 15 is 0 Å². The number of rotatable bonds is 8. The minimum absolute atomic E-state index is 0.0984. The van der Waals surface area contributed by atoms with Crippen LogP contribution in [0.25, 0.3) is 0 Å². The molecule has 0 N–H and O–H groups in total. The fourth-order valence-corrected chi connectivity index (χ4v) is 10.5. The summed E-state index contributed by atoms with van der Waals surface area (Å²) in [5.41, 5.74) is 0.